The highest BCUT2D eigenvalue weighted by atomic mass is 32.2. The Morgan fingerprint density at radius 1 is 1.00 bits per heavy atom. The zero-order valence-corrected chi connectivity index (χ0v) is 25.0. The van der Waals surface area contributed by atoms with Gasteiger partial charge in [0.05, 0.1) is 25.7 Å². The second kappa shape index (κ2) is 12.4. The standard InChI is InChI=1S/C26H27N3O5S.C4H8O2/c1-26(2,3)22-15-20(29-23(30)10-11-27-25(29)31)14-21(24(22)34-4)18-7-6-17-13-19(28-35(5,32)33)9-8-16(17)12-18;1-3-6-4(2)5/h6-15,28H,1-5H3,(H,27,31);3H2,1-2H3. The number of aromatic nitrogens is 2. The Labute approximate surface area is 239 Å². The molecule has 4 aromatic rings. The number of esters is 1. The summed E-state index contributed by atoms with van der Waals surface area (Å²) >= 11 is 0. The summed E-state index contributed by atoms with van der Waals surface area (Å²) in [7, 11) is -1.79. The number of carbonyl (C=O) groups is 1. The Bertz CT molecular complexity index is 1770. The fourth-order valence-electron chi connectivity index (χ4n) is 4.30. The molecule has 0 fully saturated rings. The maximum Gasteiger partial charge on any atom is 0.332 e. The number of nitrogens with zero attached hydrogens (tertiary/aromatic N) is 1. The van der Waals surface area contributed by atoms with E-state index in [1.165, 1.54) is 19.2 Å². The summed E-state index contributed by atoms with van der Waals surface area (Å²) < 4.78 is 37.0. The van der Waals surface area contributed by atoms with Crippen molar-refractivity contribution in [3.05, 3.63) is 87.2 Å². The lowest BCUT2D eigenvalue weighted by molar-refractivity contribution is -0.140. The fourth-order valence-corrected chi connectivity index (χ4v) is 4.85. The summed E-state index contributed by atoms with van der Waals surface area (Å²) in [5.41, 5.74) is 2.00. The number of H-pyrrole nitrogens is 1. The molecule has 0 bridgehead atoms. The second-order valence-corrected chi connectivity index (χ2v) is 12.1. The van der Waals surface area contributed by atoms with Crippen LogP contribution in [0.15, 0.2) is 70.4 Å². The molecule has 41 heavy (non-hydrogen) atoms. The Hall–Kier alpha value is -4.38. The zero-order chi connectivity index (χ0) is 30.5. The van der Waals surface area contributed by atoms with Gasteiger partial charge in [-0.2, -0.15) is 0 Å². The molecule has 11 heteroatoms. The quantitative estimate of drug-likeness (QED) is 0.318. The Morgan fingerprint density at radius 3 is 2.20 bits per heavy atom. The number of hydrogen-bond donors (Lipinski definition) is 2. The Morgan fingerprint density at radius 2 is 1.66 bits per heavy atom. The number of aromatic amines is 1. The highest BCUT2D eigenvalue weighted by Crippen LogP contribution is 2.41. The first kappa shape index (κ1) is 31.2. The molecule has 0 spiro atoms. The molecular formula is C30H35N3O7S. The zero-order valence-electron chi connectivity index (χ0n) is 24.2. The van der Waals surface area contributed by atoms with Gasteiger partial charge in [0.1, 0.15) is 5.75 Å². The first-order valence-corrected chi connectivity index (χ1v) is 14.7. The topological polar surface area (TPSA) is 137 Å². The molecule has 218 valence electrons. The van der Waals surface area contributed by atoms with Crippen molar-refractivity contribution in [3.63, 3.8) is 0 Å². The summed E-state index contributed by atoms with van der Waals surface area (Å²) in [4.78, 5) is 37.5. The first-order chi connectivity index (χ1) is 19.1. The normalized spacial score (nSPS) is 11.4. The smallest absolute Gasteiger partial charge is 0.332 e. The lowest BCUT2D eigenvalue weighted by atomic mass is 9.83. The number of carbonyl (C=O) groups excluding carboxylic acids is 1. The second-order valence-electron chi connectivity index (χ2n) is 10.4. The van der Waals surface area contributed by atoms with Gasteiger partial charge in [0.25, 0.3) is 5.56 Å². The molecule has 10 nitrogen and oxygen atoms in total. The third kappa shape index (κ3) is 7.85. The highest BCUT2D eigenvalue weighted by molar-refractivity contribution is 7.92. The van der Waals surface area contributed by atoms with E-state index in [2.05, 4.69) is 14.4 Å². The van der Waals surface area contributed by atoms with Gasteiger partial charge in [0.2, 0.25) is 10.0 Å². The van der Waals surface area contributed by atoms with Crippen LogP contribution in [-0.4, -0.2) is 43.9 Å². The molecule has 0 saturated heterocycles. The van der Waals surface area contributed by atoms with Gasteiger partial charge in [0.15, 0.2) is 0 Å². The largest absolute Gasteiger partial charge is 0.496 e. The van der Waals surface area contributed by atoms with Crippen LogP contribution in [0.25, 0.3) is 27.6 Å². The van der Waals surface area contributed by atoms with Gasteiger partial charge in [-0.15, -0.1) is 0 Å². The molecule has 2 N–H and O–H groups in total. The number of methoxy groups -OCH3 is 1. The average molecular weight is 582 g/mol. The molecule has 4 rings (SSSR count). The van der Waals surface area contributed by atoms with Crippen molar-refractivity contribution in [2.75, 3.05) is 24.7 Å². The van der Waals surface area contributed by atoms with E-state index in [-0.39, 0.29) is 11.4 Å². The molecule has 0 aliphatic carbocycles. The number of rotatable bonds is 6. The molecular weight excluding hydrogens is 546 g/mol. The maximum absolute atomic E-state index is 12.6. The van der Waals surface area contributed by atoms with Gasteiger partial charge in [-0.1, -0.05) is 39.0 Å². The van der Waals surface area contributed by atoms with Crippen molar-refractivity contribution < 1.29 is 22.7 Å². The molecule has 0 unspecified atom stereocenters. The minimum Gasteiger partial charge on any atom is -0.496 e. The summed E-state index contributed by atoms with van der Waals surface area (Å²) in [5.74, 6) is 0.439. The predicted molar refractivity (Wildman–Crippen MR) is 162 cm³/mol. The van der Waals surface area contributed by atoms with Crippen LogP contribution in [0.5, 0.6) is 5.75 Å². The van der Waals surface area contributed by atoms with E-state index >= 15 is 0 Å². The third-order valence-corrected chi connectivity index (χ3v) is 6.61. The summed E-state index contributed by atoms with van der Waals surface area (Å²) in [6, 6.07) is 15.9. The van der Waals surface area contributed by atoms with Crippen molar-refractivity contribution in [3.8, 4) is 22.6 Å². The SMILES string of the molecule is CCOC(C)=O.COc1c(-c2ccc3cc(NS(C)(=O)=O)ccc3c2)cc(-n2c(=O)cc[nH]c2=O)cc1C(C)(C)C. The van der Waals surface area contributed by atoms with E-state index in [1.54, 1.807) is 32.2 Å². The molecule has 1 aromatic heterocycles. The predicted octanol–water partition coefficient (Wildman–Crippen LogP) is 4.59. The van der Waals surface area contributed by atoms with E-state index in [1.807, 2.05) is 51.1 Å². The van der Waals surface area contributed by atoms with Crippen molar-refractivity contribution >= 4 is 32.5 Å². The first-order valence-electron chi connectivity index (χ1n) is 12.8. The molecule has 3 aromatic carbocycles. The van der Waals surface area contributed by atoms with Gasteiger partial charge >= 0.3 is 11.7 Å². The van der Waals surface area contributed by atoms with Crippen LogP contribution in [0.4, 0.5) is 5.69 Å². The van der Waals surface area contributed by atoms with Crippen LogP contribution in [0, 0.1) is 0 Å². The average Bonchev–Trinajstić information content (AvgIpc) is 2.86. The molecule has 0 aliphatic heterocycles. The van der Waals surface area contributed by atoms with Crippen molar-refractivity contribution in [2.45, 2.75) is 40.0 Å². The van der Waals surface area contributed by atoms with E-state index < -0.39 is 21.3 Å². The maximum atomic E-state index is 12.6. The van der Waals surface area contributed by atoms with Crippen LogP contribution in [0.3, 0.4) is 0 Å². The fraction of sp³-hybridized carbons (Fsp3) is 0.300. The molecule has 0 radical (unpaired) electrons. The number of anilines is 1. The number of fused-ring (bicyclic) bond motifs is 1. The van der Waals surface area contributed by atoms with Crippen molar-refractivity contribution in [2.24, 2.45) is 0 Å². The molecule has 1 heterocycles. The minimum atomic E-state index is -3.39. The molecule has 0 saturated carbocycles. The molecule has 0 atom stereocenters. The van der Waals surface area contributed by atoms with Crippen LogP contribution in [0.2, 0.25) is 0 Å². The summed E-state index contributed by atoms with van der Waals surface area (Å²) in [5, 5.41) is 1.74. The van der Waals surface area contributed by atoms with Crippen molar-refractivity contribution in [1.82, 2.24) is 9.55 Å². The molecule has 0 amide bonds. The van der Waals surface area contributed by atoms with E-state index in [4.69, 9.17) is 4.74 Å². The number of benzene rings is 3. The van der Waals surface area contributed by atoms with Gasteiger partial charge in [-0.25, -0.2) is 17.8 Å². The lowest BCUT2D eigenvalue weighted by Crippen LogP contribution is -2.32. The summed E-state index contributed by atoms with van der Waals surface area (Å²) in [6.45, 7) is 9.76. The van der Waals surface area contributed by atoms with Gasteiger partial charge in [0, 0.05) is 36.0 Å². The number of hydrogen-bond acceptors (Lipinski definition) is 7. The monoisotopic (exact) mass is 581 g/mol. The lowest BCUT2D eigenvalue weighted by Gasteiger charge is -2.25. The Kier molecular flexibility index (Phi) is 9.44. The van der Waals surface area contributed by atoms with Gasteiger partial charge in [-0.3, -0.25) is 14.3 Å². The van der Waals surface area contributed by atoms with Crippen molar-refractivity contribution in [1.29, 1.82) is 0 Å². The van der Waals surface area contributed by atoms with E-state index in [0.717, 1.165) is 38.3 Å². The Balaban J connectivity index is 0.000000696. The summed E-state index contributed by atoms with van der Waals surface area (Å²) in [6.07, 6.45) is 2.43. The van der Waals surface area contributed by atoms with Gasteiger partial charge in [-0.05, 0) is 59.0 Å². The minimum absolute atomic E-state index is 0.211. The number of nitrogens with one attached hydrogen (secondary N) is 2. The highest BCUT2D eigenvalue weighted by Gasteiger charge is 2.24. The third-order valence-electron chi connectivity index (χ3n) is 6.00. The number of ether oxygens (including phenoxy) is 2. The number of sulfonamides is 1. The van der Waals surface area contributed by atoms with Crippen LogP contribution >= 0.6 is 0 Å². The van der Waals surface area contributed by atoms with E-state index in [0.29, 0.717) is 23.7 Å². The van der Waals surface area contributed by atoms with Crippen LogP contribution < -0.4 is 20.7 Å². The van der Waals surface area contributed by atoms with Crippen LogP contribution in [0.1, 0.15) is 40.2 Å². The van der Waals surface area contributed by atoms with E-state index in [9.17, 15) is 22.8 Å². The van der Waals surface area contributed by atoms with Crippen LogP contribution in [-0.2, 0) is 25.0 Å². The molecule has 0 aliphatic rings. The van der Waals surface area contributed by atoms with Gasteiger partial charge < -0.3 is 14.5 Å².